The summed E-state index contributed by atoms with van der Waals surface area (Å²) in [6, 6.07) is 6.65. The lowest BCUT2D eigenvalue weighted by Gasteiger charge is -2.39. The largest absolute Gasteiger partial charge is 0.339 e. The fourth-order valence-electron chi connectivity index (χ4n) is 3.70. The van der Waals surface area contributed by atoms with Crippen molar-refractivity contribution in [1.29, 1.82) is 0 Å². The van der Waals surface area contributed by atoms with Gasteiger partial charge in [-0.25, -0.2) is 4.39 Å². The van der Waals surface area contributed by atoms with E-state index >= 15 is 0 Å². The summed E-state index contributed by atoms with van der Waals surface area (Å²) >= 11 is 0. The van der Waals surface area contributed by atoms with Crippen LogP contribution >= 0.6 is 0 Å². The van der Waals surface area contributed by atoms with Crippen LogP contribution in [0.3, 0.4) is 0 Å². The van der Waals surface area contributed by atoms with Crippen LogP contribution in [0.2, 0.25) is 0 Å². The van der Waals surface area contributed by atoms with E-state index in [0.717, 1.165) is 57.4 Å². The molecule has 1 heterocycles. The Balaban J connectivity index is 1.88. The molecule has 1 saturated heterocycles. The molecule has 3 rings (SSSR count). The van der Waals surface area contributed by atoms with Gasteiger partial charge in [0.2, 0.25) is 5.91 Å². The van der Waals surface area contributed by atoms with Crippen molar-refractivity contribution in [2.75, 3.05) is 33.2 Å². The summed E-state index contributed by atoms with van der Waals surface area (Å²) in [5.74, 6) is -0.0383. The van der Waals surface area contributed by atoms with Crippen LogP contribution in [0.5, 0.6) is 0 Å². The van der Waals surface area contributed by atoms with Crippen molar-refractivity contribution in [2.24, 2.45) is 0 Å². The molecule has 0 unspecified atom stereocenters. The topological polar surface area (TPSA) is 23.6 Å². The maximum absolute atomic E-state index is 13.6. The lowest BCUT2D eigenvalue weighted by atomic mass is 9.77. The summed E-state index contributed by atoms with van der Waals surface area (Å²) in [6.07, 6.45) is 3.80. The van der Waals surface area contributed by atoms with Crippen molar-refractivity contribution in [1.82, 2.24) is 9.80 Å². The number of hydrogen-bond donors (Lipinski definition) is 0. The summed E-state index contributed by atoms with van der Waals surface area (Å²) in [7, 11) is 2.08. The summed E-state index contributed by atoms with van der Waals surface area (Å²) in [5, 5.41) is 0. The molecule has 1 aliphatic carbocycles. The van der Waals surface area contributed by atoms with Crippen LogP contribution in [0.15, 0.2) is 24.3 Å². The number of piperazine rings is 1. The van der Waals surface area contributed by atoms with E-state index in [4.69, 9.17) is 0 Å². The Kier molecular flexibility index (Phi) is 3.98. The van der Waals surface area contributed by atoms with Crippen molar-refractivity contribution < 1.29 is 9.18 Å². The highest BCUT2D eigenvalue weighted by Gasteiger charge is 2.45. The van der Waals surface area contributed by atoms with E-state index in [0.29, 0.717) is 0 Å². The Bertz CT molecular complexity index is 517. The van der Waals surface area contributed by atoms with Crippen molar-refractivity contribution in [3.05, 3.63) is 35.6 Å². The second-order valence-electron chi connectivity index (χ2n) is 6.40. The summed E-state index contributed by atoms with van der Waals surface area (Å²) in [4.78, 5) is 17.4. The predicted octanol–water partition coefficient (Wildman–Crippen LogP) is 2.41. The van der Waals surface area contributed by atoms with Gasteiger partial charge in [0.15, 0.2) is 0 Å². The van der Waals surface area contributed by atoms with Gasteiger partial charge in [-0.15, -0.1) is 0 Å². The SMILES string of the molecule is CN1CCN(C(=O)C2(c3cccc(F)c3)CCCC2)CC1. The standard InChI is InChI=1S/C17H23FN2O/c1-19-9-11-20(12-10-19)16(21)17(7-2-3-8-17)14-5-4-6-15(18)13-14/h4-6,13H,2-3,7-12H2,1H3. The molecule has 4 heteroatoms. The maximum atomic E-state index is 13.6. The zero-order valence-electron chi connectivity index (χ0n) is 12.6. The molecule has 0 spiro atoms. The second-order valence-corrected chi connectivity index (χ2v) is 6.40. The van der Waals surface area contributed by atoms with Crippen molar-refractivity contribution >= 4 is 5.91 Å². The third kappa shape index (κ3) is 2.69. The number of carbonyl (C=O) groups excluding carboxylic acids is 1. The summed E-state index contributed by atoms with van der Waals surface area (Å²) < 4.78 is 13.6. The second kappa shape index (κ2) is 5.76. The molecular formula is C17H23FN2O. The first-order valence-electron chi connectivity index (χ1n) is 7.86. The van der Waals surface area contributed by atoms with Gasteiger partial charge in [-0.3, -0.25) is 4.79 Å². The van der Waals surface area contributed by atoms with Crippen LogP contribution in [-0.2, 0) is 10.2 Å². The zero-order chi connectivity index (χ0) is 14.9. The van der Waals surface area contributed by atoms with Gasteiger partial charge < -0.3 is 9.80 Å². The highest BCUT2D eigenvalue weighted by atomic mass is 19.1. The molecule has 2 fully saturated rings. The molecule has 114 valence electrons. The Morgan fingerprint density at radius 3 is 2.43 bits per heavy atom. The fourth-order valence-corrected chi connectivity index (χ4v) is 3.70. The first-order chi connectivity index (χ1) is 10.1. The van der Waals surface area contributed by atoms with Gasteiger partial charge >= 0.3 is 0 Å². The molecule has 3 nitrogen and oxygen atoms in total. The summed E-state index contributed by atoms with van der Waals surface area (Å²) in [6.45, 7) is 3.41. The van der Waals surface area contributed by atoms with Gasteiger partial charge in [-0.05, 0) is 37.6 Å². The van der Waals surface area contributed by atoms with Crippen LogP contribution < -0.4 is 0 Å². The van der Waals surface area contributed by atoms with Crippen molar-refractivity contribution in [3.8, 4) is 0 Å². The van der Waals surface area contributed by atoms with E-state index in [1.54, 1.807) is 12.1 Å². The molecule has 1 aliphatic heterocycles. The van der Waals surface area contributed by atoms with Gasteiger partial charge in [-0.1, -0.05) is 25.0 Å². The fraction of sp³-hybridized carbons (Fsp3) is 0.588. The van der Waals surface area contributed by atoms with Crippen LogP contribution in [0.25, 0.3) is 0 Å². The molecule has 0 atom stereocenters. The molecule has 1 saturated carbocycles. The smallest absolute Gasteiger partial charge is 0.233 e. The number of likely N-dealkylation sites (N-methyl/N-ethyl adjacent to an activating group) is 1. The first kappa shape index (κ1) is 14.5. The Hall–Kier alpha value is -1.42. The van der Waals surface area contributed by atoms with E-state index < -0.39 is 5.41 Å². The molecule has 0 bridgehead atoms. The van der Waals surface area contributed by atoms with Gasteiger partial charge in [0.05, 0.1) is 5.41 Å². The Morgan fingerprint density at radius 1 is 1.14 bits per heavy atom. The minimum atomic E-state index is -0.488. The molecule has 1 amide bonds. The molecule has 0 aromatic heterocycles. The average Bonchev–Trinajstić information content (AvgIpc) is 2.98. The number of halogens is 1. The number of benzene rings is 1. The summed E-state index contributed by atoms with van der Waals surface area (Å²) in [5.41, 5.74) is 0.377. The van der Waals surface area contributed by atoms with E-state index in [1.807, 2.05) is 11.0 Å². The van der Waals surface area contributed by atoms with E-state index in [-0.39, 0.29) is 11.7 Å². The lowest BCUT2D eigenvalue weighted by Crippen LogP contribution is -2.53. The van der Waals surface area contributed by atoms with E-state index in [1.165, 1.54) is 6.07 Å². The molecule has 21 heavy (non-hydrogen) atoms. The number of hydrogen-bond acceptors (Lipinski definition) is 2. The minimum Gasteiger partial charge on any atom is -0.339 e. The van der Waals surface area contributed by atoms with Crippen molar-refractivity contribution in [3.63, 3.8) is 0 Å². The van der Waals surface area contributed by atoms with Gasteiger partial charge in [0.1, 0.15) is 5.82 Å². The minimum absolute atomic E-state index is 0.207. The van der Waals surface area contributed by atoms with Crippen LogP contribution in [0.4, 0.5) is 4.39 Å². The molecule has 0 radical (unpaired) electrons. The molecule has 1 aromatic carbocycles. The van der Waals surface area contributed by atoms with Crippen LogP contribution in [0.1, 0.15) is 31.2 Å². The maximum Gasteiger partial charge on any atom is 0.233 e. The lowest BCUT2D eigenvalue weighted by molar-refractivity contribution is -0.139. The van der Waals surface area contributed by atoms with Gasteiger partial charge in [0.25, 0.3) is 0 Å². The van der Waals surface area contributed by atoms with Gasteiger partial charge in [0, 0.05) is 26.2 Å². The zero-order valence-corrected chi connectivity index (χ0v) is 12.6. The quantitative estimate of drug-likeness (QED) is 0.835. The van der Waals surface area contributed by atoms with Gasteiger partial charge in [-0.2, -0.15) is 0 Å². The first-order valence-corrected chi connectivity index (χ1v) is 7.86. The third-order valence-electron chi connectivity index (χ3n) is 5.03. The normalized spacial score (nSPS) is 22.5. The van der Waals surface area contributed by atoms with E-state index in [9.17, 15) is 9.18 Å². The number of rotatable bonds is 2. The Labute approximate surface area is 125 Å². The third-order valence-corrected chi connectivity index (χ3v) is 5.03. The molecule has 2 aliphatic rings. The van der Waals surface area contributed by atoms with Crippen LogP contribution in [0, 0.1) is 5.82 Å². The highest BCUT2D eigenvalue weighted by molar-refractivity contribution is 5.88. The molecule has 0 N–H and O–H groups in total. The Morgan fingerprint density at radius 2 is 1.81 bits per heavy atom. The highest BCUT2D eigenvalue weighted by Crippen LogP contribution is 2.43. The average molecular weight is 290 g/mol. The van der Waals surface area contributed by atoms with Crippen LogP contribution in [-0.4, -0.2) is 48.9 Å². The number of nitrogens with zero attached hydrogens (tertiary/aromatic N) is 2. The van der Waals surface area contributed by atoms with E-state index in [2.05, 4.69) is 11.9 Å². The number of carbonyl (C=O) groups is 1. The molecular weight excluding hydrogens is 267 g/mol. The predicted molar refractivity (Wildman–Crippen MR) is 80.6 cm³/mol. The van der Waals surface area contributed by atoms with Crippen molar-refractivity contribution in [2.45, 2.75) is 31.1 Å². The molecule has 1 aromatic rings. The monoisotopic (exact) mass is 290 g/mol. The number of amides is 1.